The topological polar surface area (TPSA) is 87.3 Å². The van der Waals surface area contributed by atoms with Crippen LogP contribution in [0.1, 0.15) is 48.8 Å². The summed E-state index contributed by atoms with van der Waals surface area (Å²) in [4.78, 5) is 12.5. The van der Waals surface area contributed by atoms with Crippen molar-refractivity contribution < 1.29 is 13.2 Å². The van der Waals surface area contributed by atoms with E-state index in [-0.39, 0.29) is 37.3 Å². The fourth-order valence-electron chi connectivity index (χ4n) is 4.44. The zero-order valence-electron chi connectivity index (χ0n) is 16.2. The Kier molecular flexibility index (Phi) is 7.30. The van der Waals surface area contributed by atoms with E-state index in [0.29, 0.717) is 17.0 Å². The van der Waals surface area contributed by atoms with Crippen LogP contribution in [0.5, 0.6) is 0 Å². The summed E-state index contributed by atoms with van der Waals surface area (Å²) in [6.07, 6.45) is 4.46. The van der Waals surface area contributed by atoms with Crippen molar-refractivity contribution in [3.8, 4) is 0 Å². The number of sulfonamides is 1. The molecular formula is C19H30ClN3O3S. The van der Waals surface area contributed by atoms with Gasteiger partial charge in [-0.15, -0.1) is 12.4 Å². The number of nitrogens with one attached hydrogen (secondary N) is 3. The van der Waals surface area contributed by atoms with E-state index in [1.165, 1.54) is 12.8 Å². The normalized spacial score (nSPS) is 24.3. The van der Waals surface area contributed by atoms with E-state index < -0.39 is 10.0 Å². The molecule has 0 spiro atoms. The van der Waals surface area contributed by atoms with Crippen LogP contribution in [0.25, 0.3) is 0 Å². The number of rotatable bonds is 6. The Bertz CT molecular complexity index is 762. The second-order valence-corrected chi connectivity index (χ2v) is 9.45. The largest absolute Gasteiger partial charge is 0.353 e. The molecule has 1 aromatic carbocycles. The van der Waals surface area contributed by atoms with Crippen LogP contribution in [0, 0.1) is 20.8 Å². The Balaban J connectivity index is 0.00000261. The van der Waals surface area contributed by atoms with E-state index in [9.17, 15) is 13.2 Å². The smallest absolute Gasteiger partial charge is 0.241 e. The molecule has 3 N–H and O–H groups in total. The van der Waals surface area contributed by atoms with Crippen LogP contribution >= 0.6 is 12.4 Å². The number of benzene rings is 1. The zero-order chi connectivity index (χ0) is 18.9. The van der Waals surface area contributed by atoms with E-state index in [1.807, 2.05) is 19.1 Å². The van der Waals surface area contributed by atoms with Gasteiger partial charge in [0.05, 0.1) is 4.90 Å². The molecule has 0 radical (unpaired) electrons. The Labute approximate surface area is 168 Å². The Morgan fingerprint density at radius 2 is 1.67 bits per heavy atom. The maximum absolute atomic E-state index is 12.6. The summed E-state index contributed by atoms with van der Waals surface area (Å²) >= 11 is 0. The molecule has 1 amide bonds. The first-order chi connectivity index (χ1) is 12.2. The monoisotopic (exact) mass is 415 g/mol. The molecule has 6 nitrogen and oxygen atoms in total. The lowest BCUT2D eigenvalue weighted by Crippen LogP contribution is -2.48. The van der Waals surface area contributed by atoms with Crippen LogP contribution in [-0.4, -0.2) is 39.0 Å². The zero-order valence-corrected chi connectivity index (χ0v) is 17.8. The van der Waals surface area contributed by atoms with Gasteiger partial charge in [-0.2, -0.15) is 0 Å². The second-order valence-electron chi connectivity index (χ2n) is 7.75. The van der Waals surface area contributed by atoms with Crippen molar-refractivity contribution in [1.29, 1.82) is 0 Å². The van der Waals surface area contributed by atoms with Crippen molar-refractivity contribution in [3.05, 3.63) is 28.8 Å². The van der Waals surface area contributed by atoms with Gasteiger partial charge in [0.1, 0.15) is 0 Å². The predicted octanol–water partition coefficient (Wildman–Crippen LogP) is 2.10. The highest BCUT2D eigenvalue weighted by atomic mass is 35.5. The molecule has 8 heteroatoms. The standard InChI is InChI=1S/C19H29N3O3S.ClH/c1-12-8-13(2)19(14(3)9-12)26(24,25)20-7-6-18(23)22-17-10-15-4-5-16(11-17)21-15;/h8-9,15-17,20-21H,4-7,10-11H2,1-3H3,(H,22,23);1H. The van der Waals surface area contributed by atoms with Gasteiger partial charge in [0.25, 0.3) is 0 Å². The molecule has 1 aromatic rings. The number of aryl methyl sites for hydroxylation is 3. The predicted molar refractivity (Wildman–Crippen MR) is 109 cm³/mol. The van der Waals surface area contributed by atoms with Crippen molar-refractivity contribution in [2.24, 2.45) is 0 Å². The first kappa shape index (κ1) is 22.1. The number of carbonyl (C=O) groups is 1. The molecule has 2 bridgehead atoms. The summed E-state index contributed by atoms with van der Waals surface area (Å²) in [5.74, 6) is -0.0867. The summed E-state index contributed by atoms with van der Waals surface area (Å²) < 4.78 is 27.8. The minimum absolute atomic E-state index is 0. The SMILES string of the molecule is Cc1cc(C)c(S(=O)(=O)NCCC(=O)NC2CC3CCC(C2)N3)c(C)c1.Cl. The molecule has 0 aromatic heterocycles. The lowest BCUT2D eigenvalue weighted by molar-refractivity contribution is -0.121. The second kappa shape index (κ2) is 8.90. The van der Waals surface area contributed by atoms with Crippen LogP contribution in [-0.2, 0) is 14.8 Å². The van der Waals surface area contributed by atoms with Crippen molar-refractivity contribution >= 4 is 28.3 Å². The lowest BCUT2D eigenvalue weighted by atomic mass is 10.00. The Morgan fingerprint density at radius 3 is 2.22 bits per heavy atom. The molecule has 2 fully saturated rings. The van der Waals surface area contributed by atoms with Gasteiger partial charge in [0, 0.05) is 31.1 Å². The maximum atomic E-state index is 12.6. The van der Waals surface area contributed by atoms with E-state index in [1.54, 1.807) is 13.8 Å². The average Bonchev–Trinajstić information content (AvgIpc) is 2.84. The highest BCUT2D eigenvalue weighted by Crippen LogP contribution is 2.26. The van der Waals surface area contributed by atoms with E-state index in [0.717, 1.165) is 29.5 Å². The highest BCUT2D eigenvalue weighted by molar-refractivity contribution is 7.89. The first-order valence-electron chi connectivity index (χ1n) is 9.37. The number of hydrogen-bond donors (Lipinski definition) is 3. The minimum atomic E-state index is -3.61. The van der Waals surface area contributed by atoms with Crippen LogP contribution in [0.4, 0.5) is 0 Å². The third-order valence-electron chi connectivity index (χ3n) is 5.36. The summed E-state index contributed by atoms with van der Waals surface area (Å²) in [6.45, 7) is 5.65. The maximum Gasteiger partial charge on any atom is 0.241 e. The highest BCUT2D eigenvalue weighted by Gasteiger charge is 2.33. The number of fused-ring (bicyclic) bond motifs is 2. The average molecular weight is 416 g/mol. The molecular weight excluding hydrogens is 386 g/mol. The number of carbonyl (C=O) groups excluding carboxylic acids is 1. The van der Waals surface area contributed by atoms with Gasteiger partial charge in [-0.3, -0.25) is 4.79 Å². The Morgan fingerprint density at radius 1 is 1.11 bits per heavy atom. The number of hydrogen-bond acceptors (Lipinski definition) is 4. The van der Waals surface area contributed by atoms with Crippen LogP contribution in [0.15, 0.2) is 17.0 Å². The van der Waals surface area contributed by atoms with Crippen LogP contribution in [0.2, 0.25) is 0 Å². The van der Waals surface area contributed by atoms with Gasteiger partial charge in [-0.25, -0.2) is 13.1 Å². The van der Waals surface area contributed by atoms with Gasteiger partial charge in [-0.1, -0.05) is 17.7 Å². The number of piperidine rings is 1. The lowest BCUT2D eigenvalue weighted by Gasteiger charge is -2.29. The van der Waals surface area contributed by atoms with E-state index >= 15 is 0 Å². The molecule has 0 saturated carbocycles. The molecule has 0 aliphatic carbocycles. The Hall–Kier alpha value is -1.15. The summed E-state index contributed by atoms with van der Waals surface area (Å²) in [5, 5.41) is 6.61. The molecule has 2 aliphatic rings. The first-order valence-corrected chi connectivity index (χ1v) is 10.9. The van der Waals surface area contributed by atoms with Crippen molar-refractivity contribution in [1.82, 2.24) is 15.4 Å². The molecule has 3 rings (SSSR count). The summed E-state index contributed by atoms with van der Waals surface area (Å²) in [6, 6.07) is 4.97. The van der Waals surface area contributed by atoms with Gasteiger partial charge in [0.2, 0.25) is 15.9 Å². The van der Waals surface area contributed by atoms with Gasteiger partial charge < -0.3 is 10.6 Å². The molecule has 2 heterocycles. The molecule has 2 unspecified atom stereocenters. The van der Waals surface area contributed by atoms with Crippen LogP contribution in [0.3, 0.4) is 0 Å². The number of amides is 1. The van der Waals surface area contributed by atoms with Gasteiger partial charge >= 0.3 is 0 Å². The van der Waals surface area contributed by atoms with Crippen molar-refractivity contribution in [3.63, 3.8) is 0 Å². The third-order valence-corrected chi connectivity index (χ3v) is 7.12. The summed E-state index contributed by atoms with van der Waals surface area (Å²) in [7, 11) is -3.61. The van der Waals surface area contributed by atoms with E-state index in [4.69, 9.17) is 0 Å². The summed E-state index contributed by atoms with van der Waals surface area (Å²) in [5.41, 5.74) is 2.49. The van der Waals surface area contributed by atoms with Crippen molar-refractivity contribution in [2.45, 2.75) is 75.9 Å². The van der Waals surface area contributed by atoms with Gasteiger partial charge in [0.15, 0.2) is 0 Å². The van der Waals surface area contributed by atoms with Crippen molar-refractivity contribution in [2.75, 3.05) is 6.54 Å². The molecule has 2 atom stereocenters. The van der Waals surface area contributed by atoms with E-state index in [2.05, 4.69) is 15.4 Å². The minimum Gasteiger partial charge on any atom is -0.353 e. The quantitative estimate of drug-likeness (QED) is 0.664. The fraction of sp³-hybridized carbons (Fsp3) is 0.632. The van der Waals surface area contributed by atoms with Gasteiger partial charge in [-0.05, 0) is 57.6 Å². The molecule has 2 saturated heterocycles. The third kappa shape index (κ3) is 5.44. The molecule has 2 aliphatic heterocycles. The fourth-order valence-corrected chi connectivity index (χ4v) is 5.92. The molecule has 152 valence electrons. The van der Waals surface area contributed by atoms with Crippen LogP contribution < -0.4 is 15.4 Å². The number of halogens is 1. The molecule has 27 heavy (non-hydrogen) atoms.